The molecule has 194 valence electrons. The monoisotopic (exact) mass is 554 g/mol. The Labute approximate surface area is 224 Å². The summed E-state index contributed by atoms with van der Waals surface area (Å²) in [6.45, 7) is 6.48. The van der Waals surface area contributed by atoms with Crippen molar-refractivity contribution in [3.63, 3.8) is 0 Å². The molecule has 2 heterocycles. The van der Waals surface area contributed by atoms with Crippen LogP contribution in [0.2, 0.25) is 0 Å². The Bertz CT molecular complexity index is 959. The van der Waals surface area contributed by atoms with Gasteiger partial charge in [0.05, 0.1) is 12.8 Å². The first-order chi connectivity index (χ1) is 17.5. The van der Waals surface area contributed by atoms with Gasteiger partial charge in [0.15, 0.2) is 5.84 Å². The van der Waals surface area contributed by atoms with E-state index in [0.717, 1.165) is 25.1 Å². The van der Waals surface area contributed by atoms with Crippen molar-refractivity contribution in [1.82, 2.24) is 10.3 Å². The zero-order valence-corrected chi connectivity index (χ0v) is 23.0. The average molecular weight is 556 g/mol. The van der Waals surface area contributed by atoms with Crippen LogP contribution in [0.25, 0.3) is 0 Å². The number of nitrogens with one attached hydrogen (secondary N) is 1. The van der Waals surface area contributed by atoms with E-state index < -0.39 is 0 Å². The predicted octanol–water partition coefficient (Wildman–Crippen LogP) is 5.20. The zero-order chi connectivity index (χ0) is 26.0. The lowest BCUT2D eigenvalue weighted by Gasteiger charge is -2.30. The van der Waals surface area contributed by atoms with Crippen molar-refractivity contribution < 1.29 is 4.74 Å². The van der Waals surface area contributed by atoms with Gasteiger partial charge in [-0.15, -0.1) is 12.3 Å². The number of hydrogen-bond donors (Lipinski definition) is 2. The smallest absolute Gasteiger partial charge is 0.315 e. The number of nitrogens with zero attached hydrogens (tertiary/aromatic N) is 4. The van der Waals surface area contributed by atoms with Crippen LogP contribution in [0.5, 0.6) is 0 Å². The summed E-state index contributed by atoms with van der Waals surface area (Å²) in [6, 6.07) is 0.322. The summed E-state index contributed by atoms with van der Waals surface area (Å²) >= 11 is 3.57. The number of ether oxygens (including phenoxy) is 1. The number of alkyl halides is 1. The number of nitrogens with two attached hydrogens (primary N) is 1. The van der Waals surface area contributed by atoms with Crippen molar-refractivity contribution in [1.29, 1.82) is 0 Å². The van der Waals surface area contributed by atoms with Crippen molar-refractivity contribution in [2.45, 2.75) is 63.4 Å². The Morgan fingerprint density at radius 3 is 2.92 bits per heavy atom. The van der Waals surface area contributed by atoms with Gasteiger partial charge in [-0.25, -0.2) is 4.99 Å². The molecule has 2 atom stereocenters. The molecule has 0 aromatic heterocycles. The number of rotatable bonds is 11. The van der Waals surface area contributed by atoms with Gasteiger partial charge in [0, 0.05) is 36.5 Å². The van der Waals surface area contributed by atoms with Gasteiger partial charge in [0.25, 0.3) is 0 Å². The Morgan fingerprint density at radius 2 is 2.19 bits per heavy atom. The van der Waals surface area contributed by atoms with Gasteiger partial charge in [-0.3, -0.25) is 10.3 Å². The molecule has 7 nitrogen and oxygen atoms in total. The van der Waals surface area contributed by atoms with Crippen molar-refractivity contribution in [3.8, 4) is 12.3 Å². The lowest BCUT2D eigenvalue weighted by atomic mass is 10.1. The number of aliphatic imine (C=N–C) groups is 2. The quantitative estimate of drug-likeness (QED) is 0.0916. The van der Waals surface area contributed by atoms with E-state index in [2.05, 4.69) is 61.3 Å². The van der Waals surface area contributed by atoms with E-state index in [0.29, 0.717) is 37.0 Å². The fourth-order valence-corrected chi connectivity index (χ4v) is 3.93. The minimum atomic E-state index is -0.119. The van der Waals surface area contributed by atoms with Crippen LogP contribution in [0.1, 0.15) is 52.4 Å². The van der Waals surface area contributed by atoms with E-state index in [1.54, 1.807) is 0 Å². The minimum absolute atomic E-state index is 0.119. The molecule has 0 aromatic carbocycles. The average Bonchev–Trinajstić information content (AvgIpc) is 3.07. The molecular weight excluding hydrogens is 516 g/mol. The van der Waals surface area contributed by atoms with Crippen molar-refractivity contribution in [2.75, 3.05) is 19.7 Å². The Kier molecular flexibility index (Phi) is 14.3. The fourth-order valence-electron chi connectivity index (χ4n) is 3.59. The topological polar surface area (TPSA) is 87.6 Å². The highest BCUT2D eigenvalue weighted by Gasteiger charge is 2.20. The van der Waals surface area contributed by atoms with Crippen LogP contribution in [0.4, 0.5) is 0 Å². The van der Waals surface area contributed by atoms with Crippen LogP contribution >= 0.6 is 15.9 Å². The highest BCUT2D eigenvalue weighted by molar-refractivity contribution is 9.09. The molecule has 0 bridgehead atoms. The minimum Gasteiger partial charge on any atom is -0.463 e. The maximum atomic E-state index is 6.07. The van der Waals surface area contributed by atoms with Gasteiger partial charge in [0.2, 0.25) is 0 Å². The van der Waals surface area contributed by atoms with E-state index in [-0.39, 0.29) is 11.0 Å². The summed E-state index contributed by atoms with van der Waals surface area (Å²) in [7, 11) is 0. The third-order valence-electron chi connectivity index (χ3n) is 5.40. The number of halogens is 1. The number of likely N-dealkylation sites (tertiary alicyclic amines) is 1. The number of piperidine rings is 1. The fraction of sp³-hybridized carbons (Fsp3) is 0.464. The third-order valence-corrected chi connectivity index (χ3v) is 5.66. The second kappa shape index (κ2) is 17.5. The first-order valence-electron chi connectivity index (χ1n) is 12.5. The van der Waals surface area contributed by atoms with Crippen molar-refractivity contribution in [3.05, 3.63) is 59.9 Å². The summed E-state index contributed by atoms with van der Waals surface area (Å²) in [5.74, 6) is 3.13. The summed E-state index contributed by atoms with van der Waals surface area (Å²) < 4.78 is 5.95. The van der Waals surface area contributed by atoms with E-state index >= 15 is 0 Å². The van der Waals surface area contributed by atoms with Gasteiger partial charge < -0.3 is 10.5 Å². The molecule has 0 radical (unpaired) electrons. The molecule has 1 saturated heterocycles. The van der Waals surface area contributed by atoms with Crippen LogP contribution in [-0.2, 0) is 4.74 Å². The summed E-state index contributed by atoms with van der Waals surface area (Å²) in [6.07, 6.45) is 28.3. The molecule has 2 rings (SSSR count). The Morgan fingerprint density at radius 1 is 1.39 bits per heavy atom. The maximum absolute atomic E-state index is 6.07. The lowest BCUT2D eigenvalue weighted by Crippen LogP contribution is -2.37. The number of terminal acetylenes is 1. The van der Waals surface area contributed by atoms with Crippen LogP contribution < -0.4 is 11.2 Å². The van der Waals surface area contributed by atoms with E-state index in [4.69, 9.17) is 21.9 Å². The van der Waals surface area contributed by atoms with E-state index in [9.17, 15) is 0 Å². The van der Waals surface area contributed by atoms with Gasteiger partial charge in [-0.05, 0) is 56.9 Å². The first-order valence-corrected chi connectivity index (χ1v) is 13.4. The van der Waals surface area contributed by atoms with Crippen LogP contribution in [0.3, 0.4) is 0 Å². The SMILES string of the molecule is C#CC/C=C\C=C(/N)CCOC1=NC(N2CCCCC2)C=CC(N/N=C/C(=C/C(C)Br)C/C=C\C)=N1. The third kappa shape index (κ3) is 12.2. The summed E-state index contributed by atoms with van der Waals surface area (Å²) in [5.41, 5.74) is 10.9. The first kappa shape index (κ1) is 29.3. The number of allylic oxidation sites excluding steroid dienone is 7. The highest BCUT2D eigenvalue weighted by Crippen LogP contribution is 2.16. The molecule has 36 heavy (non-hydrogen) atoms. The molecular formula is C28H39BrN6O. The van der Waals surface area contributed by atoms with Crippen molar-refractivity contribution >= 4 is 34.0 Å². The predicted molar refractivity (Wildman–Crippen MR) is 156 cm³/mol. The molecule has 2 aliphatic heterocycles. The number of hydrogen-bond acceptors (Lipinski definition) is 7. The van der Waals surface area contributed by atoms with Gasteiger partial charge in [-0.1, -0.05) is 52.7 Å². The highest BCUT2D eigenvalue weighted by atomic mass is 79.9. The summed E-state index contributed by atoms with van der Waals surface area (Å²) in [5, 5.41) is 4.42. The van der Waals surface area contributed by atoms with Crippen LogP contribution in [-0.4, -0.2) is 53.7 Å². The molecule has 1 fully saturated rings. The van der Waals surface area contributed by atoms with Crippen molar-refractivity contribution in [2.24, 2.45) is 20.8 Å². The maximum Gasteiger partial charge on any atom is 0.315 e. The van der Waals surface area contributed by atoms with Crippen LogP contribution in [0.15, 0.2) is 75.0 Å². The molecule has 3 N–H and O–H groups in total. The molecule has 2 unspecified atom stereocenters. The van der Waals surface area contributed by atoms with Gasteiger partial charge in [0.1, 0.15) is 6.17 Å². The Hall–Kier alpha value is -2.89. The van der Waals surface area contributed by atoms with E-state index in [1.165, 1.54) is 19.3 Å². The van der Waals surface area contributed by atoms with E-state index in [1.807, 2.05) is 49.6 Å². The molecule has 0 amide bonds. The normalized spacial score (nSPS) is 20.9. The molecule has 0 aromatic rings. The second-order valence-electron chi connectivity index (χ2n) is 8.52. The molecule has 0 spiro atoms. The number of amidine groups is 2. The summed E-state index contributed by atoms with van der Waals surface area (Å²) in [4.78, 5) is 12.0. The van der Waals surface area contributed by atoms with Gasteiger partial charge >= 0.3 is 6.02 Å². The number of hydrazone groups is 1. The molecule has 2 aliphatic rings. The molecule has 0 aliphatic carbocycles. The standard InChI is InChI=1S/C28H39BrN6O/c1-4-6-8-10-14-25(30)17-20-36-28-32-26(15-16-27(33-28)35-18-11-9-12-19-35)34-31-22-24(13-7-5-2)21-23(3)29/h1,5,7-8,10,14-16,21-23,27H,6,9,11-13,17-20,30H2,2-3H3,(H,32,33,34)/b7-5-,10-8-,24-21+,25-14-,31-22+. The zero-order valence-electron chi connectivity index (χ0n) is 21.4. The second-order valence-corrected chi connectivity index (χ2v) is 9.96. The van der Waals surface area contributed by atoms with Gasteiger partial charge in [-0.2, -0.15) is 10.1 Å². The van der Waals surface area contributed by atoms with Crippen LogP contribution in [0, 0.1) is 12.3 Å². The molecule has 0 saturated carbocycles. The largest absolute Gasteiger partial charge is 0.463 e. The lowest BCUT2D eigenvalue weighted by molar-refractivity contribution is 0.191. The molecule has 8 heteroatoms. The Balaban J connectivity index is 2.10.